The van der Waals surface area contributed by atoms with E-state index in [9.17, 15) is 0 Å². The highest BCUT2D eigenvalue weighted by Crippen LogP contribution is 2.22. The molecule has 0 aliphatic rings. The van der Waals surface area contributed by atoms with Gasteiger partial charge in [0, 0.05) is 11.6 Å². The molecule has 0 heterocycles. The molecule has 2 rings (SSSR count). The van der Waals surface area contributed by atoms with Crippen LogP contribution in [0, 0.1) is 25.8 Å². The summed E-state index contributed by atoms with van der Waals surface area (Å²) in [7, 11) is 0. The zero-order chi connectivity index (χ0) is 19.2. The van der Waals surface area contributed by atoms with E-state index in [0.29, 0.717) is 0 Å². The third-order valence-corrected chi connectivity index (χ3v) is 4.82. The van der Waals surface area contributed by atoms with Gasteiger partial charge >= 0.3 is 0 Å². The maximum atomic E-state index is 4.66. The summed E-state index contributed by atoms with van der Waals surface area (Å²) >= 11 is 0. The van der Waals surface area contributed by atoms with Crippen LogP contribution in [0.1, 0.15) is 74.8 Å². The second kappa shape index (κ2) is 8.86. The van der Waals surface area contributed by atoms with Crippen molar-refractivity contribution in [3.05, 3.63) is 70.3 Å². The van der Waals surface area contributed by atoms with Gasteiger partial charge < -0.3 is 0 Å². The van der Waals surface area contributed by atoms with Crippen molar-refractivity contribution in [3.63, 3.8) is 0 Å². The van der Waals surface area contributed by atoms with E-state index in [2.05, 4.69) is 101 Å². The molecule has 0 aromatic heterocycles. The largest absolute Gasteiger partial charge is 0.201 e. The molecule has 0 atom stereocenters. The smallest absolute Gasteiger partial charge is 0.0586 e. The van der Waals surface area contributed by atoms with Crippen LogP contribution in [0.4, 0.5) is 0 Å². The van der Waals surface area contributed by atoms with Gasteiger partial charge in [-0.05, 0) is 72.4 Å². The first-order valence-electron chi connectivity index (χ1n) is 9.57. The highest BCUT2D eigenvalue weighted by atomic mass is 14.7. The number of nitrogens with zero attached hydrogens (tertiary/aromatic N) is 1. The molecule has 0 saturated carbocycles. The van der Waals surface area contributed by atoms with Gasteiger partial charge in [0.2, 0.25) is 0 Å². The van der Waals surface area contributed by atoms with Crippen LogP contribution in [0.15, 0.2) is 47.5 Å². The Morgan fingerprint density at radius 3 is 2.31 bits per heavy atom. The molecule has 2 aromatic carbocycles. The fourth-order valence-electron chi connectivity index (χ4n) is 2.87. The number of rotatable bonds is 4. The lowest BCUT2D eigenvalue weighted by molar-refractivity contribution is 0.590. The number of hydrogen-bond acceptors (Lipinski definition) is 1. The number of unbranched alkanes of at least 4 members (excludes halogenated alkanes) is 1. The average molecular weight is 346 g/mol. The minimum absolute atomic E-state index is 0.167. The number of hydrogen-bond donors (Lipinski definition) is 0. The third kappa shape index (κ3) is 5.33. The van der Waals surface area contributed by atoms with Crippen molar-refractivity contribution in [1.82, 2.24) is 0 Å². The topological polar surface area (TPSA) is 12.4 Å². The Labute approximate surface area is 159 Å². The van der Waals surface area contributed by atoms with Gasteiger partial charge in [0.1, 0.15) is 0 Å². The van der Waals surface area contributed by atoms with Crippen molar-refractivity contribution in [2.24, 2.45) is 4.99 Å². The van der Waals surface area contributed by atoms with E-state index in [1.54, 1.807) is 0 Å². The van der Waals surface area contributed by atoms with Crippen molar-refractivity contribution < 1.29 is 0 Å². The van der Waals surface area contributed by atoms with E-state index in [1.165, 1.54) is 22.3 Å². The first kappa shape index (κ1) is 20.0. The SMILES string of the molecule is CCCCC(=NC#Cc1ccc(C(C)(C)C)cc1)c1cccc(C)c1C. The van der Waals surface area contributed by atoms with Crippen LogP contribution in [0.5, 0.6) is 0 Å². The van der Waals surface area contributed by atoms with Crippen LogP contribution in [-0.2, 0) is 5.41 Å². The standard InChI is InChI=1S/C25H31N/c1-7-8-12-24(23-11-9-10-19(2)20(23)3)26-18-17-21-13-15-22(16-14-21)25(4,5)6/h9-11,13-16H,7-8,12H2,1-6H3. The monoisotopic (exact) mass is 345 g/mol. The Bertz CT molecular complexity index is 821. The van der Waals surface area contributed by atoms with Crippen molar-refractivity contribution in [2.75, 3.05) is 0 Å². The van der Waals surface area contributed by atoms with Gasteiger partial charge in [0.15, 0.2) is 0 Å². The molecule has 0 aliphatic heterocycles. The molecule has 1 nitrogen and oxygen atoms in total. The first-order valence-corrected chi connectivity index (χ1v) is 9.57. The van der Waals surface area contributed by atoms with Crippen LogP contribution in [0.2, 0.25) is 0 Å². The van der Waals surface area contributed by atoms with Crippen LogP contribution in [0.25, 0.3) is 0 Å². The predicted octanol–water partition coefficient (Wildman–Crippen LogP) is 6.59. The van der Waals surface area contributed by atoms with Crippen molar-refractivity contribution in [3.8, 4) is 12.0 Å². The zero-order valence-corrected chi connectivity index (χ0v) is 17.1. The number of aryl methyl sites for hydroxylation is 1. The van der Waals surface area contributed by atoms with Crippen LogP contribution < -0.4 is 0 Å². The maximum Gasteiger partial charge on any atom is 0.0586 e. The Hall–Kier alpha value is -2.33. The molecular weight excluding hydrogens is 314 g/mol. The summed E-state index contributed by atoms with van der Waals surface area (Å²) in [4.78, 5) is 4.66. The molecule has 1 heteroatoms. The summed E-state index contributed by atoms with van der Waals surface area (Å²) in [6.07, 6.45) is 3.26. The summed E-state index contributed by atoms with van der Waals surface area (Å²) in [6.45, 7) is 13.2. The summed E-state index contributed by atoms with van der Waals surface area (Å²) in [6, 6.07) is 18.0. The highest BCUT2D eigenvalue weighted by Gasteiger charge is 2.12. The fraction of sp³-hybridized carbons (Fsp3) is 0.400. The van der Waals surface area contributed by atoms with Crippen LogP contribution >= 0.6 is 0 Å². The van der Waals surface area contributed by atoms with Gasteiger partial charge in [0.25, 0.3) is 0 Å². The Kier molecular flexibility index (Phi) is 6.81. The molecule has 0 N–H and O–H groups in total. The van der Waals surface area contributed by atoms with Gasteiger partial charge in [-0.15, -0.1) is 0 Å². The molecule has 0 spiro atoms. The van der Waals surface area contributed by atoms with Crippen molar-refractivity contribution >= 4 is 5.71 Å². The maximum absolute atomic E-state index is 4.66. The van der Waals surface area contributed by atoms with E-state index in [0.717, 1.165) is 30.5 Å². The minimum Gasteiger partial charge on any atom is -0.201 e. The Morgan fingerprint density at radius 1 is 1.00 bits per heavy atom. The Morgan fingerprint density at radius 2 is 1.69 bits per heavy atom. The molecule has 0 unspecified atom stereocenters. The zero-order valence-electron chi connectivity index (χ0n) is 17.1. The Balaban J connectivity index is 2.29. The molecule has 0 amide bonds. The van der Waals surface area contributed by atoms with E-state index in [-0.39, 0.29) is 5.41 Å². The van der Waals surface area contributed by atoms with E-state index >= 15 is 0 Å². The van der Waals surface area contributed by atoms with E-state index in [1.807, 2.05) is 0 Å². The molecule has 0 saturated heterocycles. The highest BCUT2D eigenvalue weighted by molar-refractivity contribution is 6.02. The van der Waals surface area contributed by atoms with Crippen molar-refractivity contribution in [2.45, 2.75) is 66.2 Å². The lowest BCUT2D eigenvalue weighted by atomic mass is 9.87. The van der Waals surface area contributed by atoms with Gasteiger partial charge in [-0.1, -0.05) is 64.4 Å². The lowest BCUT2D eigenvalue weighted by Crippen LogP contribution is -2.10. The molecular formula is C25H31N. The molecule has 0 bridgehead atoms. The van der Waals surface area contributed by atoms with Crippen LogP contribution in [-0.4, -0.2) is 5.71 Å². The second-order valence-electron chi connectivity index (χ2n) is 7.97. The summed E-state index contributed by atoms with van der Waals surface area (Å²) in [5, 5.41) is 0. The van der Waals surface area contributed by atoms with E-state index < -0.39 is 0 Å². The molecule has 26 heavy (non-hydrogen) atoms. The van der Waals surface area contributed by atoms with Gasteiger partial charge in [-0.3, -0.25) is 0 Å². The van der Waals surface area contributed by atoms with Gasteiger partial charge in [-0.25, -0.2) is 4.99 Å². The van der Waals surface area contributed by atoms with Gasteiger partial charge in [0.05, 0.1) is 5.71 Å². The van der Waals surface area contributed by atoms with Gasteiger partial charge in [-0.2, -0.15) is 0 Å². The van der Waals surface area contributed by atoms with Crippen molar-refractivity contribution in [1.29, 1.82) is 0 Å². The molecule has 136 valence electrons. The normalized spacial score (nSPS) is 11.8. The number of benzene rings is 2. The fourth-order valence-corrected chi connectivity index (χ4v) is 2.87. The van der Waals surface area contributed by atoms with E-state index in [4.69, 9.17) is 0 Å². The molecule has 2 aromatic rings. The predicted molar refractivity (Wildman–Crippen MR) is 114 cm³/mol. The second-order valence-corrected chi connectivity index (χ2v) is 7.97. The summed E-state index contributed by atoms with van der Waals surface area (Å²) < 4.78 is 0. The molecule has 0 radical (unpaired) electrons. The lowest BCUT2D eigenvalue weighted by Gasteiger charge is -2.18. The molecule has 0 aliphatic carbocycles. The average Bonchev–Trinajstić information content (AvgIpc) is 2.60. The molecule has 0 fully saturated rings. The number of aliphatic imine (C=N–C) groups is 1. The third-order valence-electron chi connectivity index (χ3n) is 4.82. The quantitative estimate of drug-likeness (QED) is 0.438. The summed E-state index contributed by atoms with van der Waals surface area (Å²) in [5.41, 5.74) is 7.45. The summed E-state index contributed by atoms with van der Waals surface area (Å²) in [5.74, 6) is 3.20. The van der Waals surface area contributed by atoms with Crippen LogP contribution in [0.3, 0.4) is 0 Å². The minimum atomic E-state index is 0.167. The first-order chi connectivity index (χ1) is 12.3.